The van der Waals surface area contributed by atoms with Crippen LogP contribution in [0.5, 0.6) is 5.06 Å². The number of thiophene rings is 1. The van der Waals surface area contributed by atoms with Gasteiger partial charge in [0.25, 0.3) is 0 Å². The van der Waals surface area contributed by atoms with E-state index in [4.69, 9.17) is 4.74 Å². The summed E-state index contributed by atoms with van der Waals surface area (Å²) in [5, 5.41) is 0.234. The fourth-order valence-electron chi connectivity index (χ4n) is 3.23. The lowest BCUT2D eigenvalue weighted by Gasteiger charge is -2.18. The number of rotatable bonds is 8. The standard InChI is InChI=1S/C22H26FN3O4S2/c1-5-20-24-8-9-26(20)13-16-7-6-15(11-19(16)23)18-12-17(10-14(2)3)31-21(18)30-22(27)25(4)32(28)29/h6-9,11-12,14H,5,10,13H2,1-4H3,(H,28,29)/p-1. The van der Waals surface area contributed by atoms with Crippen LogP contribution >= 0.6 is 11.3 Å². The van der Waals surface area contributed by atoms with Crippen LogP contribution in [-0.2, 0) is 30.7 Å². The Bertz CT molecular complexity index is 1130. The first kappa shape index (κ1) is 24.1. The Kier molecular flexibility index (Phi) is 7.81. The number of hydrogen-bond acceptors (Lipinski definition) is 6. The zero-order chi connectivity index (χ0) is 23.4. The Morgan fingerprint density at radius 3 is 2.75 bits per heavy atom. The third-order valence-corrected chi connectivity index (χ3v) is 6.47. The van der Waals surface area contributed by atoms with E-state index in [1.165, 1.54) is 17.4 Å². The third-order valence-electron chi connectivity index (χ3n) is 4.84. The molecule has 0 saturated heterocycles. The zero-order valence-corrected chi connectivity index (χ0v) is 20.0. The van der Waals surface area contributed by atoms with E-state index in [2.05, 4.69) is 18.8 Å². The molecule has 2 heterocycles. The molecule has 0 spiro atoms. The molecule has 0 N–H and O–H groups in total. The van der Waals surface area contributed by atoms with Gasteiger partial charge in [0.05, 0.1) is 17.8 Å². The van der Waals surface area contributed by atoms with Gasteiger partial charge >= 0.3 is 6.09 Å². The van der Waals surface area contributed by atoms with Gasteiger partial charge in [-0.1, -0.05) is 32.9 Å². The second-order valence-electron chi connectivity index (χ2n) is 7.73. The van der Waals surface area contributed by atoms with E-state index in [9.17, 15) is 17.9 Å². The molecule has 3 aromatic rings. The average Bonchev–Trinajstić information content (AvgIpc) is 3.34. The van der Waals surface area contributed by atoms with Crippen LogP contribution in [0, 0.1) is 11.7 Å². The minimum atomic E-state index is -2.75. The molecule has 1 atom stereocenters. The second-order valence-corrected chi connectivity index (χ2v) is 9.81. The first-order valence-corrected chi connectivity index (χ1v) is 12.0. The van der Waals surface area contributed by atoms with Gasteiger partial charge in [-0.15, -0.1) is 11.3 Å². The maximum atomic E-state index is 15.0. The number of nitrogens with zero attached hydrogens (tertiary/aromatic N) is 3. The number of hydrogen-bond donors (Lipinski definition) is 0. The lowest BCUT2D eigenvalue weighted by Crippen LogP contribution is -2.31. The molecule has 0 aliphatic rings. The number of ether oxygens (including phenoxy) is 1. The van der Waals surface area contributed by atoms with Crippen LogP contribution in [0.4, 0.5) is 9.18 Å². The molecule has 1 unspecified atom stereocenters. The number of benzene rings is 1. The summed E-state index contributed by atoms with van der Waals surface area (Å²) in [4.78, 5) is 17.4. The van der Waals surface area contributed by atoms with Crippen molar-refractivity contribution in [1.29, 1.82) is 0 Å². The van der Waals surface area contributed by atoms with Gasteiger partial charge in [0.15, 0.2) is 5.06 Å². The predicted octanol–water partition coefficient (Wildman–Crippen LogP) is 4.78. The molecule has 3 rings (SSSR count). The van der Waals surface area contributed by atoms with Crippen LogP contribution in [0.2, 0.25) is 0 Å². The number of aromatic nitrogens is 2. The SMILES string of the molecule is CCc1nccn1Cc1ccc(-c2cc(CC(C)C)sc2OC(=O)N(C)S(=O)[O-])cc1F. The molecular weight excluding hydrogens is 453 g/mol. The molecule has 0 fully saturated rings. The van der Waals surface area contributed by atoms with Gasteiger partial charge < -0.3 is 13.9 Å². The van der Waals surface area contributed by atoms with Crippen LogP contribution in [0.1, 0.15) is 37.0 Å². The van der Waals surface area contributed by atoms with Crippen LogP contribution in [0.15, 0.2) is 36.7 Å². The molecule has 0 bridgehead atoms. The fourth-order valence-corrected chi connectivity index (χ4v) is 4.62. The molecule has 2 aromatic heterocycles. The maximum Gasteiger partial charge on any atom is 0.426 e. The van der Waals surface area contributed by atoms with Crippen molar-refractivity contribution in [2.24, 2.45) is 5.92 Å². The summed E-state index contributed by atoms with van der Waals surface area (Å²) in [5.41, 5.74) is 1.61. The third kappa shape index (κ3) is 5.62. The van der Waals surface area contributed by atoms with E-state index in [0.29, 0.717) is 33.5 Å². The molecule has 0 saturated carbocycles. The first-order chi connectivity index (χ1) is 15.2. The summed E-state index contributed by atoms with van der Waals surface area (Å²) >= 11 is -1.49. The number of aryl methyl sites for hydroxylation is 1. The van der Waals surface area contributed by atoms with Crippen LogP contribution in [0.3, 0.4) is 0 Å². The van der Waals surface area contributed by atoms with Crippen molar-refractivity contribution in [3.63, 3.8) is 0 Å². The monoisotopic (exact) mass is 478 g/mol. The van der Waals surface area contributed by atoms with Gasteiger partial charge in [0.1, 0.15) is 11.6 Å². The Morgan fingerprint density at radius 2 is 2.12 bits per heavy atom. The highest BCUT2D eigenvalue weighted by molar-refractivity contribution is 7.77. The maximum absolute atomic E-state index is 15.0. The van der Waals surface area contributed by atoms with Crippen molar-refractivity contribution in [3.05, 3.63) is 58.7 Å². The lowest BCUT2D eigenvalue weighted by atomic mass is 10.0. The van der Waals surface area contributed by atoms with Crippen molar-refractivity contribution in [2.45, 2.75) is 40.2 Å². The lowest BCUT2D eigenvalue weighted by molar-refractivity contribution is 0.185. The van der Waals surface area contributed by atoms with Crippen LogP contribution in [-0.4, -0.2) is 35.8 Å². The average molecular weight is 479 g/mol. The van der Waals surface area contributed by atoms with E-state index in [0.717, 1.165) is 30.6 Å². The summed E-state index contributed by atoms with van der Waals surface area (Å²) in [7, 11) is 1.10. The predicted molar refractivity (Wildman–Crippen MR) is 122 cm³/mol. The summed E-state index contributed by atoms with van der Waals surface area (Å²) in [6.07, 6.45) is 3.98. The van der Waals surface area contributed by atoms with E-state index in [1.807, 2.05) is 23.8 Å². The molecule has 0 aliphatic heterocycles. The second kappa shape index (κ2) is 10.4. The molecule has 1 aromatic carbocycles. The highest BCUT2D eigenvalue weighted by Gasteiger charge is 2.20. The molecule has 172 valence electrons. The van der Waals surface area contributed by atoms with Crippen molar-refractivity contribution >= 4 is 28.7 Å². The van der Waals surface area contributed by atoms with Crippen molar-refractivity contribution in [2.75, 3.05) is 7.05 Å². The Labute approximate surface area is 193 Å². The Hall–Kier alpha value is -2.56. The van der Waals surface area contributed by atoms with Gasteiger partial charge in [-0.2, -0.15) is 0 Å². The van der Waals surface area contributed by atoms with Gasteiger partial charge in [0.2, 0.25) is 0 Å². The summed E-state index contributed by atoms with van der Waals surface area (Å²) in [6, 6.07) is 6.75. The van der Waals surface area contributed by atoms with E-state index in [1.54, 1.807) is 18.3 Å². The molecule has 1 amide bonds. The molecule has 10 heteroatoms. The van der Waals surface area contributed by atoms with Gasteiger partial charge in [0, 0.05) is 41.9 Å². The smallest absolute Gasteiger partial charge is 0.426 e. The summed E-state index contributed by atoms with van der Waals surface area (Å²) in [6.45, 7) is 6.48. The van der Waals surface area contributed by atoms with Gasteiger partial charge in [-0.25, -0.2) is 18.5 Å². The van der Waals surface area contributed by atoms with E-state index >= 15 is 0 Å². The van der Waals surface area contributed by atoms with Crippen LogP contribution in [0.25, 0.3) is 11.1 Å². The number of carbonyl (C=O) groups is 1. The highest BCUT2D eigenvalue weighted by Crippen LogP contribution is 2.40. The quantitative estimate of drug-likeness (QED) is 0.435. The largest absolute Gasteiger partial charge is 0.755 e. The number of halogens is 1. The molecule has 7 nitrogen and oxygen atoms in total. The van der Waals surface area contributed by atoms with E-state index in [-0.39, 0.29) is 10.9 Å². The summed E-state index contributed by atoms with van der Waals surface area (Å²) in [5.74, 6) is 0.854. The first-order valence-electron chi connectivity index (χ1n) is 10.2. The minimum absolute atomic E-state index is 0.234. The number of carbonyl (C=O) groups excluding carboxylic acids is 1. The molecule has 32 heavy (non-hydrogen) atoms. The van der Waals surface area contributed by atoms with Crippen molar-refractivity contribution in [3.8, 4) is 16.2 Å². The van der Waals surface area contributed by atoms with Gasteiger partial charge in [-0.3, -0.25) is 4.21 Å². The molecular formula is C22H25FN3O4S2-. The number of imidazole rings is 1. The molecule has 0 aliphatic carbocycles. The summed E-state index contributed by atoms with van der Waals surface area (Å²) < 4.78 is 44.8. The number of amides is 1. The highest BCUT2D eigenvalue weighted by atomic mass is 32.2. The van der Waals surface area contributed by atoms with Crippen molar-refractivity contribution < 1.29 is 22.7 Å². The normalized spacial score (nSPS) is 12.2. The minimum Gasteiger partial charge on any atom is -0.755 e. The van der Waals surface area contributed by atoms with Crippen LogP contribution < -0.4 is 4.74 Å². The van der Waals surface area contributed by atoms with Gasteiger partial charge in [-0.05, 0) is 30.0 Å². The Morgan fingerprint density at radius 1 is 1.38 bits per heavy atom. The zero-order valence-electron chi connectivity index (χ0n) is 18.3. The molecule has 0 radical (unpaired) electrons. The van der Waals surface area contributed by atoms with Crippen molar-refractivity contribution in [1.82, 2.24) is 13.9 Å². The van der Waals surface area contributed by atoms with E-state index < -0.39 is 17.4 Å². The topological polar surface area (TPSA) is 87.5 Å². The fraction of sp³-hybridized carbons (Fsp3) is 0.364. The Balaban J connectivity index is 1.93.